The molecule has 116 valence electrons. The molecule has 0 heterocycles. The monoisotopic (exact) mass is 314 g/mol. The lowest BCUT2D eigenvalue weighted by molar-refractivity contribution is 0.0693. The number of halogens is 1. The topological polar surface area (TPSA) is 78.4 Å². The molecule has 1 aromatic rings. The SMILES string of the molecule is CSCCCCCNC(=O)Nc1cccc(F)c1C(=O)O. The van der Waals surface area contributed by atoms with Gasteiger partial charge in [0.1, 0.15) is 11.4 Å². The fraction of sp³-hybridized carbons (Fsp3) is 0.429. The molecule has 7 heteroatoms. The summed E-state index contributed by atoms with van der Waals surface area (Å²) >= 11 is 1.78. The number of carboxylic acid groups (broad SMARTS) is 1. The molecule has 0 radical (unpaired) electrons. The van der Waals surface area contributed by atoms with Gasteiger partial charge >= 0.3 is 12.0 Å². The minimum atomic E-state index is -1.42. The van der Waals surface area contributed by atoms with E-state index < -0.39 is 23.4 Å². The fourth-order valence-electron chi connectivity index (χ4n) is 1.76. The van der Waals surface area contributed by atoms with Gasteiger partial charge in [-0.25, -0.2) is 14.0 Å². The molecule has 0 aliphatic heterocycles. The third kappa shape index (κ3) is 6.03. The van der Waals surface area contributed by atoms with Gasteiger partial charge in [0.25, 0.3) is 0 Å². The highest BCUT2D eigenvalue weighted by Gasteiger charge is 2.16. The summed E-state index contributed by atoms with van der Waals surface area (Å²) in [7, 11) is 0. The van der Waals surface area contributed by atoms with Crippen molar-refractivity contribution in [3.05, 3.63) is 29.6 Å². The summed E-state index contributed by atoms with van der Waals surface area (Å²) in [5.74, 6) is -1.20. The van der Waals surface area contributed by atoms with Crippen molar-refractivity contribution in [2.24, 2.45) is 0 Å². The van der Waals surface area contributed by atoms with Crippen LogP contribution in [0.2, 0.25) is 0 Å². The van der Waals surface area contributed by atoms with Gasteiger partial charge in [-0.1, -0.05) is 12.5 Å². The van der Waals surface area contributed by atoms with E-state index in [-0.39, 0.29) is 5.69 Å². The Kier molecular flexibility index (Phi) is 7.60. The van der Waals surface area contributed by atoms with Crippen LogP contribution in [-0.4, -0.2) is 35.7 Å². The molecule has 0 atom stereocenters. The van der Waals surface area contributed by atoms with Crippen LogP contribution in [0.1, 0.15) is 29.6 Å². The van der Waals surface area contributed by atoms with E-state index in [4.69, 9.17) is 5.11 Å². The zero-order valence-electron chi connectivity index (χ0n) is 11.8. The minimum Gasteiger partial charge on any atom is -0.478 e. The second kappa shape index (κ2) is 9.23. The van der Waals surface area contributed by atoms with Crippen molar-refractivity contribution in [1.82, 2.24) is 5.32 Å². The molecule has 21 heavy (non-hydrogen) atoms. The van der Waals surface area contributed by atoms with E-state index in [1.54, 1.807) is 11.8 Å². The van der Waals surface area contributed by atoms with Crippen molar-refractivity contribution in [3.8, 4) is 0 Å². The van der Waals surface area contributed by atoms with E-state index in [2.05, 4.69) is 10.6 Å². The number of carbonyl (C=O) groups is 2. The summed E-state index contributed by atoms with van der Waals surface area (Å²) in [5, 5.41) is 13.9. The number of carbonyl (C=O) groups excluding carboxylic acids is 1. The number of carboxylic acids is 1. The highest BCUT2D eigenvalue weighted by atomic mass is 32.2. The Morgan fingerprint density at radius 2 is 2.05 bits per heavy atom. The lowest BCUT2D eigenvalue weighted by Crippen LogP contribution is -2.30. The molecule has 0 aliphatic carbocycles. The summed E-state index contributed by atoms with van der Waals surface area (Å²) in [6.45, 7) is 0.498. The number of anilines is 1. The largest absolute Gasteiger partial charge is 0.478 e. The highest BCUT2D eigenvalue weighted by molar-refractivity contribution is 7.98. The Labute approximate surface area is 127 Å². The summed E-state index contributed by atoms with van der Waals surface area (Å²) in [4.78, 5) is 22.6. The summed E-state index contributed by atoms with van der Waals surface area (Å²) in [6, 6.07) is 3.20. The summed E-state index contributed by atoms with van der Waals surface area (Å²) in [5.41, 5.74) is -0.588. The van der Waals surface area contributed by atoms with Crippen molar-refractivity contribution in [1.29, 1.82) is 0 Å². The van der Waals surface area contributed by atoms with E-state index in [1.807, 2.05) is 6.26 Å². The van der Waals surface area contributed by atoms with Gasteiger partial charge in [-0.05, 0) is 37.0 Å². The molecule has 0 spiro atoms. The average Bonchev–Trinajstić information content (AvgIpc) is 2.42. The zero-order chi connectivity index (χ0) is 15.7. The van der Waals surface area contributed by atoms with Crippen LogP contribution in [-0.2, 0) is 0 Å². The van der Waals surface area contributed by atoms with Gasteiger partial charge in [-0.15, -0.1) is 0 Å². The van der Waals surface area contributed by atoms with E-state index in [0.29, 0.717) is 6.54 Å². The Morgan fingerprint density at radius 3 is 2.71 bits per heavy atom. The molecule has 0 aromatic heterocycles. The third-order valence-corrected chi connectivity index (χ3v) is 3.48. The standard InChI is InChI=1S/C14H19FN2O3S/c1-21-9-4-2-3-8-16-14(20)17-11-7-5-6-10(15)12(11)13(18)19/h5-7H,2-4,8-9H2,1H3,(H,18,19)(H2,16,17,20). The molecule has 5 nitrogen and oxygen atoms in total. The number of nitrogens with one attached hydrogen (secondary N) is 2. The molecule has 0 fully saturated rings. The van der Waals surface area contributed by atoms with Gasteiger partial charge < -0.3 is 15.7 Å². The maximum absolute atomic E-state index is 13.4. The average molecular weight is 314 g/mol. The highest BCUT2D eigenvalue weighted by Crippen LogP contribution is 2.18. The first kappa shape index (κ1) is 17.3. The number of rotatable bonds is 8. The van der Waals surface area contributed by atoms with E-state index >= 15 is 0 Å². The Hall–Kier alpha value is -1.76. The van der Waals surface area contributed by atoms with E-state index in [9.17, 15) is 14.0 Å². The Morgan fingerprint density at radius 1 is 1.29 bits per heavy atom. The lowest BCUT2D eigenvalue weighted by Gasteiger charge is -2.10. The lowest BCUT2D eigenvalue weighted by atomic mass is 10.1. The first-order chi connectivity index (χ1) is 10.1. The fourth-order valence-corrected chi connectivity index (χ4v) is 2.26. The van der Waals surface area contributed by atoms with Gasteiger partial charge in [0.2, 0.25) is 0 Å². The van der Waals surface area contributed by atoms with Crippen LogP contribution in [0.25, 0.3) is 0 Å². The number of amides is 2. The number of thioether (sulfide) groups is 1. The van der Waals surface area contributed by atoms with Crippen molar-refractivity contribution >= 4 is 29.4 Å². The van der Waals surface area contributed by atoms with Crippen molar-refractivity contribution in [2.45, 2.75) is 19.3 Å². The third-order valence-electron chi connectivity index (χ3n) is 2.79. The maximum Gasteiger partial charge on any atom is 0.340 e. The molecular formula is C14H19FN2O3S. The van der Waals surface area contributed by atoms with Crippen molar-refractivity contribution in [3.63, 3.8) is 0 Å². The van der Waals surface area contributed by atoms with Gasteiger partial charge in [-0.3, -0.25) is 0 Å². The predicted molar refractivity (Wildman–Crippen MR) is 82.6 cm³/mol. The quantitative estimate of drug-likeness (QED) is 0.644. The van der Waals surface area contributed by atoms with Gasteiger partial charge in [0.05, 0.1) is 5.69 Å². The molecule has 0 saturated heterocycles. The van der Waals surface area contributed by atoms with Crippen LogP contribution in [0.4, 0.5) is 14.9 Å². The van der Waals surface area contributed by atoms with Crippen LogP contribution >= 0.6 is 11.8 Å². The summed E-state index contributed by atoms with van der Waals surface area (Å²) in [6.07, 6.45) is 5.01. The second-order valence-electron chi connectivity index (χ2n) is 4.40. The molecule has 1 rings (SSSR count). The van der Waals surface area contributed by atoms with Gasteiger partial charge in [0.15, 0.2) is 0 Å². The molecule has 0 bridgehead atoms. The summed E-state index contributed by atoms with van der Waals surface area (Å²) < 4.78 is 13.4. The zero-order valence-corrected chi connectivity index (χ0v) is 12.6. The maximum atomic E-state index is 13.4. The number of hydrogen-bond acceptors (Lipinski definition) is 3. The number of benzene rings is 1. The number of urea groups is 1. The first-order valence-electron chi connectivity index (χ1n) is 6.62. The smallest absolute Gasteiger partial charge is 0.340 e. The second-order valence-corrected chi connectivity index (χ2v) is 5.39. The Balaban J connectivity index is 2.45. The minimum absolute atomic E-state index is 0.0533. The molecule has 1 aromatic carbocycles. The van der Waals surface area contributed by atoms with Gasteiger partial charge in [0, 0.05) is 6.54 Å². The van der Waals surface area contributed by atoms with Crippen LogP contribution in [0.15, 0.2) is 18.2 Å². The van der Waals surface area contributed by atoms with Crippen molar-refractivity contribution < 1.29 is 19.1 Å². The molecular weight excluding hydrogens is 295 g/mol. The van der Waals surface area contributed by atoms with Crippen LogP contribution in [0, 0.1) is 5.82 Å². The van der Waals surface area contributed by atoms with Crippen LogP contribution in [0.5, 0.6) is 0 Å². The van der Waals surface area contributed by atoms with Crippen LogP contribution in [0.3, 0.4) is 0 Å². The molecule has 0 aliphatic rings. The van der Waals surface area contributed by atoms with Gasteiger partial charge in [-0.2, -0.15) is 11.8 Å². The van der Waals surface area contributed by atoms with Crippen LogP contribution < -0.4 is 10.6 Å². The molecule has 3 N–H and O–H groups in total. The predicted octanol–water partition coefficient (Wildman–Crippen LogP) is 3.18. The normalized spacial score (nSPS) is 10.2. The number of hydrogen-bond donors (Lipinski definition) is 3. The molecule has 2 amide bonds. The van der Waals surface area contributed by atoms with Crippen molar-refractivity contribution in [2.75, 3.05) is 23.9 Å². The number of aromatic carboxylic acids is 1. The number of unbranched alkanes of at least 4 members (excludes halogenated alkanes) is 2. The first-order valence-corrected chi connectivity index (χ1v) is 8.01. The van der Waals surface area contributed by atoms with E-state index in [1.165, 1.54) is 12.1 Å². The van der Waals surface area contributed by atoms with E-state index in [0.717, 1.165) is 31.1 Å². The Bertz CT molecular complexity index is 497. The molecule has 0 unspecified atom stereocenters. The molecule has 0 saturated carbocycles.